The van der Waals surface area contributed by atoms with Crippen molar-refractivity contribution >= 4 is 42.6 Å². The molecule has 38 heavy (non-hydrogen) atoms. The number of hydrogen-bond donors (Lipinski definition) is 3. The number of benzene rings is 1. The molecule has 0 bridgehead atoms. The van der Waals surface area contributed by atoms with Crippen molar-refractivity contribution in [1.29, 1.82) is 0 Å². The number of rotatable bonds is 13. The topological polar surface area (TPSA) is 114 Å². The lowest BCUT2D eigenvalue weighted by molar-refractivity contribution is -0.146. The van der Waals surface area contributed by atoms with Gasteiger partial charge in [0.05, 0.1) is 7.11 Å². The van der Waals surface area contributed by atoms with Crippen molar-refractivity contribution in [3.8, 4) is 0 Å². The summed E-state index contributed by atoms with van der Waals surface area (Å²) in [5.74, 6) is -1.33. The Morgan fingerprint density at radius 3 is 2.32 bits per heavy atom. The first kappa shape index (κ1) is 33.0. The smallest absolute Gasteiger partial charge is 0.408 e. The molecule has 1 aromatic rings. The largest absolute Gasteiger partial charge is 0.468 e. The van der Waals surface area contributed by atoms with E-state index >= 15 is 0 Å². The molecule has 0 saturated heterocycles. The standard InChI is InChI=1S/C28H43N3O6S/c1-9-20-11-10-12-21(15-20)24(25(33)29-16-23(32)36-8)31(19(4)14-13-18(2)3)26(34)22(17-38)30-27(35)37-28(5,6)7/h9-12,15,18-19,22,24,38H,1,13-14,16-17H2,2-8H3,(H,29,33)(H,30,35). The van der Waals surface area contributed by atoms with Gasteiger partial charge in [0.1, 0.15) is 24.2 Å². The summed E-state index contributed by atoms with van der Waals surface area (Å²) in [5.41, 5.74) is 0.526. The maximum atomic E-state index is 14.0. The van der Waals surface area contributed by atoms with Crippen LogP contribution in [0.15, 0.2) is 30.8 Å². The van der Waals surface area contributed by atoms with Gasteiger partial charge in [-0.3, -0.25) is 14.4 Å². The van der Waals surface area contributed by atoms with Crippen molar-refractivity contribution in [3.05, 3.63) is 42.0 Å². The lowest BCUT2D eigenvalue weighted by atomic mass is 9.96. The molecular formula is C28H43N3O6S. The molecule has 1 rings (SSSR count). The molecule has 3 unspecified atom stereocenters. The first-order valence-corrected chi connectivity index (χ1v) is 13.4. The summed E-state index contributed by atoms with van der Waals surface area (Å²) in [6.07, 6.45) is 2.29. The maximum absolute atomic E-state index is 14.0. The molecular weight excluding hydrogens is 506 g/mol. The molecule has 0 fully saturated rings. The van der Waals surface area contributed by atoms with E-state index in [0.29, 0.717) is 17.9 Å². The summed E-state index contributed by atoms with van der Waals surface area (Å²) in [6, 6.07) is 4.54. The van der Waals surface area contributed by atoms with Crippen molar-refractivity contribution in [1.82, 2.24) is 15.5 Å². The van der Waals surface area contributed by atoms with Crippen LogP contribution in [0.25, 0.3) is 6.08 Å². The van der Waals surface area contributed by atoms with Gasteiger partial charge in [0.15, 0.2) is 0 Å². The first-order chi connectivity index (χ1) is 17.7. The number of thiol groups is 1. The van der Waals surface area contributed by atoms with Crippen LogP contribution in [0.2, 0.25) is 0 Å². The maximum Gasteiger partial charge on any atom is 0.408 e. The Kier molecular flexibility index (Phi) is 13.4. The monoisotopic (exact) mass is 549 g/mol. The van der Waals surface area contributed by atoms with Gasteiger partial charge in [0.25, 0.3) is 0 Å². The predicted octanol–water partition coefficient (Wildman–Crippen LogP) is 4.14. The third-order valence-electron chi connectivity index (χ3n) is 5.69. The summed E-state index contributed by atoms with van der Waals surface area (Å²) in [5, 5.41) is 5.19. The number of carbonyl (C=O) groups is 4. The fraction of sp³-hybridized carbons (Fsp3) is 0.571. The first-order valence-electron chi connectivity index (χ1n) is 12.7. The van der Waals surface area contributed by atoms with Gasteiger partial charge in [-0.25, -0.2) is 4.79 Å². The van der Waals surface area contributed by atoms with Crippen molar-refractivity contribution < 1.29 is 28.7 Å². The van der Waals surface area contributed by atoms with Gasteiger partial charge in [0, 0.05) is 11.8 Å². The number of alkyl carbamates (subject to hydrolysis) is 1. The summed E-state index contributed by atoms with van der Waals surface area (Å²) in [4.78, 5) is 53.4. The van der Waals surface area contributed by atoms with E-state index in [2.05, 4.69) is 48.4 Å². The second-order valence-corrected chi connectivity index (χ2v) is 10.9. The van der Waals surface area contributed by atoms with Crippen molar-refractivity contribution in [2.75, 3.05) is 19.4 Å². The quantitative estimate of drug-likeness (QED) is 0.252. The molecule has 3 amide bonds. The zero-order chi connectivity index (χ0) is 29.0. The Balaban J connectivity index is 3.57. The van der Waals surface area contributed by atoms with Crippen molar-refractivity contribution in [2.45, 2.75) is 78.1 Å². The van der Waals surface area contributed by atoms with E-state index in [9.17, 15) is 19.2 Å². The van der Waals surface area contributed by atoms with E-state index in [0.717, 1.165) is 12.0 Å². The van der Waals surface area contributed by atoms with Crippen LogP contribution in [-0.2, 0) is 23.9 Å². The molecule has 9 nitrogen and oxygen atoms in total. The second kappa shape index (κ2) is 15.4. The fourth-order valence-corrected chi connectivity index (χ4v) is 4.00. The molecule has 1 aromatic carbocycles. The van der Waals surface area contributed by atoms with Crippen LogP contribution in [-0.4, -0.2) is 65.9 Å². The summed E-state index contributed by atoms with van der Waals surface area (Å²) >= 11 is 4.32. The van der Waals surface area contributed by atoms with E-state index in [-0.39, 0.29) is 12.3 Å². The minimum absolute atomic E-state index is 0.0192. The molecule has 0 aliphatic heterocycles. The molecule has 212 valence electrons. The second-order valence-electron chi connectivity index (χ2n) is 10.5. The van der Waals surface area contributed by atoms with E-state index in [1.807, 2.05) is 13.0 Å². The number of methoxy groups -OCH3 is 1. The van der Waals surface area contributed by atoms with Crippen LogP contribution < -0.4 is 10.6 Å². The zero-order valence-corrected chi connectivity index (χ0v) is 24.5. The Bertz CT molecular complexity index is 976. The van der Waals surface area contributed by atoms with Gasteiger partial charge < -0.3 is 25.0 Å². The van der Waals surface area contributed by atoms with Gasteiger partial charge >= 0.3 is 12.1 Å². The number of nitrogens with zero attached hydrogens (tertiary/aromatic N) is 1. The summed E-state index contributed by atoms with van der Waals surface area (Å²) in [7, 11) is 1.23. The van der Waals surface area contributed by atoms with Gasteiger partial charge in [-0.1, -0.05) is 44.7 Å². The van der Waals surface area contributed by atoms with Crippen LogP contribution in [0, 0.1) is 5.92 Å². The lowest BCUT2D eigenvalue weighted by Gasteiger charge is -2.38. The summed E-state index contributed by atoms with van der Waals surface area (Å²) in [6.45, 7) is 14.6. The van der Waals surface area contributed by atoms with Gasteiger partial charge in [0.2, 0.25) is 11.8 Å². The molecule has 10 heteroatoms. The average molecular weight is 550 g/mol. The molecule has 0 spiro atoms. The highest BCUT2D eigenvalue weighted by atomic mass is 32.1. The molecule has 0 saturated carbocycles. The van der Waals surface area contributed by atoms with Gasteiger partial charge in [-0.2, -0.15) is 12.6 Å². The normalized spacial score (nSPS) is 13.6. The molecule has 0 radical (unpaired) electrons. The minimum Gasteiger partial charge on any atom is -0.468 e. The van der Waals surface area contributed by atoms with Crippen LogP contribution in [0.5, 0.6) is 0 Å². The van der Waals surface area contributed by atoms with Crippen LogP contribution in [0.3, 0.4) is 0 Å². The third kappa shape index (κ3) is 10.8. The number of hydrogen-bond acceptors (Lipinski definition) is 7. The molecule has 0 aromatic heterocycles. The van der Waals surface area contributed by atoms with Crippen LogP contribution in [0.4, 0.5) is 4.79 Å². The minimum atomic E-state index is -1.10. The Morgan fingerprint density at radius 1 is 1.13 bits per heavy atom. The number of nitrogens with one attached hydrogen (secondary N) is 2. The van der Waals surface area contributed by atoms with Gasteiger partial charge in [-0.15, -0.1) is 0 Å². The van der Waals surface area contributed by atoms with E-state index in [1.165, 1.54) is 12.0 Å². The predicted molar refractivity (Wildman–Crippen MR) is 152 cm³/mol. The number of carbonyl (C=O) groups excluding carboxylic acids is 4. The Labute approximate surface area is 232 Å². The fourth-order valence-electron chi connectivity index (χ4n) is 3.75. The number of amides is 3. The highest BCUT2D eigenvalue weighted by Crippen LogP contribution is 2.28. The SMILES string of the molecule is C=Cc1cccc(C(C(=O)NCC(=O)OC)N(C(=O)C(CS)NC(=O)OC(C)(C)C)C(C)CCC(C)C)c1. The number of esters is 1. The van der Waals surface area contributed by atoms with Crippen LogP contribution in [0.1, 0.15) is 71.6 Å². The molecule has 0 aliphatic rings. The Hall–Kier alpha value is -3.01. The summed E-state index contributed by atoms with van der Waals surface area (Å²) < 4.78 is 10.0. The third-order valence-corrected chi connectivity index (χ3v) is 6.05. The number of ether oxygens (including phenoxy) is 2. The Morgan fingerprint density at radius 2 is 1.79 bits per heavy atom. The highest BCUT2D eigenvalue weighted by Gasteiger charge is 2.38. The average Bonchev–Trinajstić information content (AvgIpc) is 2.85. The van der Waals surface area contributed by atoms with E-state index in [1.54, 1.807) is 45.0 Å². The van der Waals surface area contributed by atoms with Gasteiger partial charge in [-0.05, 0) is 63.6 Å². The van der Waals surface area contributed by atoms with Crippen molar-refractivity contribution in [2.24, 2.45) is 5.92 Å². The molecule has 2 N–H and O–H groups in total. The highest BCUT2D eigenvalue weighted by molar-refractivity contribution is 7.80. The van der Waals surface area contributed by atoms with E-state index < -0.39 is 47.6 Å². The molecule has 0 heterocycles. The van der Waals surface area contributed by atoms with Crippen molar-refractivity contribution in [3.63, 3.8) is 0 Å². The molecule has 0 aliphatic carbocycles. The van der Waals surface area contributed by atoms with E-state index in [4.69, 9.17) is 4.74 Å². The van der Waals surface area contributed by atoms with Crippen LogP contribution >= 0.6 is 12.6 Å². The lowest BCUT2D eigenvalue weighted by Crippen LogP contribution is -2.56. The molecule has 3 atom stereocenters. The zero-order valence-electron chi connectivity index (χ0n) is 23.6.